The molecule has 180 valence electrons. The highest BCUT2D eigenvalue weighted by atomic mass is 32.2. The van der Waals surface area contributed by atoms with Gasteiger partial charge in [-0.25, -0.2) is 4.79 Å². The standard InChI is InChI=1S/C25H51NO3S/c1-5-6-7-8-9-10-11-12-13-14-15-16-17-18-19-20-21-26(3)24(28)29-23-25(2,22-27)30-4/h27H,5-23H2,1-4H3. The van der Waals surface area contributed by atoms with Crippen LogP contribution in [0.2, 0.25) is 0 Å². The van der Waals surface area contributed by atoms with Gasteiger partial charge in [0, 0.05) is 13.6 Å². The number of hydrogen-bond donors (Lipinski definition) is 1. The van der Waals surface area contributed by atoms with Crippen LogP contribution in [0, 0.1) is 0 Å². The molecule has 1 unspecified atom stereocenters. The summed E-state index contributed by atoms with van der Waals surface area (Å²) < 4.78 is 4.92. The van der Waals surface area contributed by atoms with Gasteiger partial charge in [-0.15, -0.1) is 0 Å². The second-order valence-electron chi connectivity index (χ2n) is 9.09. The molecule has 0 saturated carbocycles. The largest absolute Gasteiger partial charge is 0.448 e. The van der Waals surface area contributed by atoms with Crippen LogP contribution >= 0.6 is 11.8 Å². The zero-order valence-electron chi connectivity index (χ0n) is 20.6. The minimum Gasteiger partial charge on any atom is -0.448 e. The lowest BCUT2D eigenvalue weighted by molar-refractivity contribution is 0.0918. The third-order valence-electron chi connectivity index (χ3n) is 5.99. The van der Waals surface area contributed by atoms with Gasteiger partial charge in [-0.2, -0.15) is 11.8 Å². The monoisotopic (exact) mass is 445 g/mol. The number of aliphatic hydroxyl groups excluding tert-OH is 1. The molecule has 0 fully saturated rings. The molecule has 4 nitrogen and oxygen atoms in total. The fraction of sp³-hybridized carbons (Fsp3) is 0.960. The molecule has 0 heterocycles. The number of aliphatic hydroxyl groups is 1. The fourth-order valence-electron chi connectivity index (χ4n) is 3.48. The molecular weight excluding hydrogens is 394 g/mol. The van der Waals surface area contributed by atoms with Crippen molar-refractivity contribution >= 4 is 17.9 Å². The van der Waals surface area contributed by atoms with Crippen molar-refractivity contribution in [1.82, 2.24) is 4.90 Å². The van der Waals surface area contributed by atoms with Gasteiger partial charge in [-0.3, -0.25) is 0 Å². The quantitative estimate of drug-likeness (QED) is 0.187. The molecule has 0 bridgehead atoms. The highest BCUT2D eigenvalue weighted by molar-refractivity contribution is 8.00. The summed E-state index contributed by atoms with van der Waals surface area (Å²) in [6.07, 6.45) is 23.3. The first kappa shape index (κ1) is 29.6. The van der Waals surface area contributed by atoms with Gasteiger partial charge >= 0.3 is 6.09 Å². The summed E-state index contributed by atoms with van der Waals surface area (Å²) in [6.45, 7) is 5.17. The molecule has 30 heavy (non-hydrogen) atoms. The average Bonchev–Trinajstić information content (AvgIpc) is 2.76. The maximum Gasteiger partial charge on any atom is 0.409 e. The lowest BCUT2D eigenvalue weighted by Gasteiger charge is -2.26. The Morgan fingerprint density at radius 3 is 1.60 bits per heavy atom. The molecule has 0 radical (unpaired) electrons. The van der Waals surface area contributed by atoms with Crippen LogP contribution in [0.25, 0.3) is 0 Å². The highest BCUT2D eigenvalue weighted by Gasteiger charge is 2.25. The average molecular weight is 446 g/mol. The van der Waals surface area contributed by atoms with Crippen LogP contribution in [0.1, 0.15) is 117 Å². The Kier molecular flexibility index (Phi) is 20.2. The van der Waals surface area contributed by atoms with Gasteiger partial charge in [0.05, 0.1) is 11.4 Å². The van der Waals surface area contributed by atoms with Crippen molar-refractivity contribution in [2.24, 2.45) is 0 Å². The summed E-state index contributed by atoms with van der Waals surface area (Å²) in [5.74, 6) is 0. The number of carbonyl (C=O) groups excluding carboxylic acids is 1. The molecular formula is C25H51NO3S. The molecule has 0 rings (SSSR count). The van der Waals surface area contributed by atoms with Gasteiger partial charge in [-0.1, -0.05) is 103 Å². The first-order chi connectivity index (χ1) is 14.5. The molecule has 0 aromatic heterocycles. The van der Waals surface area contributed by atoms with E-state index < -0.39 is 4.75 Å². The van der Waals surface area contributed by atoms with Crippen LogP contribution in [0.4, 0.5) is 4.79 Å². The van der Waals surface area contributed by atoms with E-state index in [9.17, 15) is 9.90 Å². The number of carbonyl (C=O) groups is 1. The number of unbranched alkanes of at least 4 members (excludes halogenated alkanes) is 15. The number of nitrogens with zero attached hydrogens (tertiary/aromatic N) is 1. The zero-order chi connectivity index (χ0) is 22.5. The fourth-order valence-corrected chi connectivity index (χ4v) is 3.79. The van der Waals surface area contributed by atoms with Crippen molar-refractivity contribution in [1.29, 1.82) is 0 Å². The van der Waals surface area contributed by atoms with Gasteiger partial charge in [0.2, 0.25) is 0 Å². The SMILES string of the molecule is CCCCCCCCCCCCCCCCCCN(C)C(=O)OCC(C)(CO)SC. The van der Waals surface area contributed by atoms with E-state index in [-0.39, 0.29) is 19.3 Å². The summed E-state index contributed by atoms with van der Waals surface area (Å²) >= 11 is 1.52. The lowest BCUT2D eigenvalue weighted by atomic mass is 10.0. The second kappa shape index (κ2) is 20.5. The van der Waals surface area contributed by atoms with Crippen LogP contribution in [0.15, 0.2) is 0 Å². The Morgan fingerprint density at radius 2 is 1.23 bits per heavy atom. The minimum atomic E-state index is -0.412. The molecule has 0 aromatic rings. The second-order valence-corrected chi connectivity index (χ2v) is 10.5. The van der Waals surface area contributed by atoms with Crippen LogP contribution < -0.4 is 0 Å². The number of amides is 1. The van der Waals surface area contributed by atoms with E-state index in [2.05, 4.69) is 6.92 Å². The summed E-state index contributed by atoms with van der Waals surface area (Å²) in [6, 6.07) is 0. The van der Waals surface area contributed by atoms with Crippen molar-refractivity contribution in [2.45, 2.75) is 121 Å². The topological polar surface area (TPSA) is 49.8 Å². The summed E-state index contributed by atoms with van der Waals surface area (Å²) in [5, 5.41) is 9.37. The Balaban J connectivity index is 3.40. The first-order valence-electron chi connectivity index (χ1n) is 12.5. The maximum absolute atomic E-state index is 12.0. The summed E-state index contributed by atoms with van der Waals surface area (Å²) in [4.78, 5) is 13.7. The van der Waals surface area contributed by atoms with Gasteiger partial charge in [0.25, 0.3) is 0 Å². The predicted molar refractivity (Wildman–Crippen MR) is 133 cm³/mol. The molecule has 0 aliphatic carbocycles. The number of rotatable bonds is 21. The first-order valence-corrected chi connectivity index (χ1v) is 13.8. The summed E-state index contributed by atoms with van der Waals surface area (Å²) in [5.41, 5.74) is 0. The van der Waals surface area contributed by atoms with Crippen molar-refractivity contribution in [3.05, 3.63) is 0 Å². The van der Waals surface area contributed by atoms with E-state index >= 15 is 0 Å². The van der Waals surface area contributed by atoms with Crippen LogP contribution in [-0.2, 0) is 4.74 Å². The molecule has 0 aliphatic heterocycles. The van der Waals surface area contributed by atoms with E-state index in [1.807, 2.05) is 13.2 Å². The van der Waals surface area contributed by atoms with Crippen LogP contribution in [0.3, 0.4) is 0 Å². The van der Waals surface area contributed by atoms with Crippen molar-refractivity contribution in [3.63, 3.8) is 0 Å². The number of ether oxygens (including phenoxy) is 1. The van der Waals surface area contributed by atoms with Gasteiger partial charge in [0.1, 0.15) is 6.61 Å². The highest BCUT2D eigenvalue weighted by Crippen LogP contribution is 2.22. The molecule has 1 amide bonds. The third kappa shape index (κ3) is 17.3. The smallest absolute Gasteiger partial charge is 0.409 e. The molecule has 1 atom stereocenters. The van der Waals surface area contributed by atoms with Crippen molar-refractivity contribution in [3.8, 4) is 0 Å². The third-order valence-corrected chi connectivity index (χ3v) is 7.22. The molecule has 0 aromatic carbocycles. The van der Waals surface area contributed by atoms with Crippen LogP contribution in [0.5, 0.6) is 0 Å². The number of thioether (sulfide) groups is 1. The Bertz CT molecular complexity index is 389. The molecule has 0 spiro atoms. The minimum absolute atomic E-state index is 0.00425. The Morgan fingerprint density at radius 1 is 0.833 bits per heavy atom. The molecule has 0 saturated heterocycles. The lowest BCUT2D eigenvalue weighted by Crippen LogP contribution is -2.36. The summed E-state index contributed by atoms with van der Waals surface area (Å²) in [7, 11) is 1.79. The molecule has 5 heteroatoms. The van der Waals surface area contributed by atoms with E-state index in [4.69, 9.17) is 4.74 Å². The molecule has 1 N–H and O–H groups in total. The van der Waals surface area contributed by atoms with E-state index in [1.165, 1.54) is 108 Å². The van der Waals surface area contributed by atoms with Gasteiger partial charge in [0.15, 0.2) is 0 Å². The Hall–Kier alpha value is -0.420. The van der Waals surface area contributed by atoms with Gasteiger partial charge in [-0.05, 0) is 19.6 Å². The Labute approximate surface area is 191 Å². The van der Waals surface area contributed by atoms with E-state index in [1.54, 1.807) is 11.9 Å². The van der Waals surface area contributed by atoms with Crippen molar-refractivity contribution < 1.29 is 14.6 Å². The van der Waals surface area contributed by atoms with Crippen LogP contribution in [-0.4, -0.2) is 53.9 Å². The van der Waals surface area contributed by atoms with Crippen molar-refractivity contribution in [2.75, 3.05) is 33.1 Å². The van der Waals surface area contributed by atoms with Gasteiger partial charge < -0.3 is 14.7 Å². The zero-order valence-corrected chi connectivity index (χ0v) is 21.4. The number of hydrogen-bond acceptors (Lipinski definition) is 4. The van der Waals surface area contributed by atoms with E-state index in [0.29, 0.717) is 0 Å². The predicted octanol–water partition coefficient (Wildman–Crippen LogP) is 7.43. The maximum atomic E-state index is 12.0. The van der Waals surface area contributed by atoms with E-state index in [0.717, 1.165) is 13.0 Å². The normalized spacial score (nSPS) is 13.2. The molecule has 0 aliphatic rings.